The zero-order chi connectivity index (χ0) is 22.7. The van der Waals surface area contributed by atoms with E-state index in [1.807, 2.05) is 63.7 Å². The zero-order valence-electron chi connectivity index (χ0n) is 18.5. The lowest BCUT2D eigenvalue weighted by molar-refractivity contribution is 0.463. The third kappa shape index (κ3) is 5.18. The highest BCUT2D eigenvalue weighted by Gasteiger charge is 2.18. The molecule has 0 amide bonds. The van der Waals surface area contributed by atoms with Crippen LogP contribution in [0.1, 0.15) is 33.8 Å². The van der Waals surface area contributed by atoms with Crippen molar-refractivity contribution in [3.05, 3.63) is 81.6 Å². The summed E-state index contributed by atoms with van der Waals surface area (Å²) in [6.45, 7) is 6.33. The van der Waals surface area contributed by atoms with Gasteiger partial charge in [0, 0.05) is 22.6 Å². The van der Waals surface area contributed by atoms with Gasteiger partial charge >= 0.3 is 0 Å². The summed E-state index contributed by atoms with van der Waals surface area (Å²) in [5, 5.41) is 0. The maximum absolute atomic E-state index is 14.9. The Labute approximate surface area is 181 Å². The molecule has 162 valence electrons. The summed E-state index contributed by atoms with van der Waals surface area (Å²) in [5.74, 6) is 3.05. The molecule has 6 heteroatoms. The van der Waals surface area contributed by atoms with Gasteiger partial charge in [0.1, 0.15) is 11.6 Å². The summed E-state index contributed by atoms with van der Waals surface area (Å²) in [6.07, 6.45) is 0.257. The van der Waals surface area contributed by atoms with Gasteiger partial charge in [0.15, 0.2) is 11.6 Å². The minimum atomic E-state index is -1.17. The summed E-state index contributed by atoms with van der Waals surface area (Å²) in [6, 6.07) is 8.68. The van der Waals surface area contributed by atoms with Crippen LogP contribution in [0.2, 0.25) is 0 Å². The third-order valence-electron chi connectivity index (χ3n) is 5.01. The smallest absolute Gasteiger partial charge is 0.165 e. The van der Waals surface area contributed by atoms with E-state index in [1.165, 1.54) is 0 Å². The van der Waals surface area contributed by atoms with Crippen molar-refractivity contribution in [2.24, 2.45) is 0 Å². The van der Waals surface area contributed by atoms with E-state index < -0.39 is 17.5 Å². The van der Waals surface area contributed by atoms with Crippen LogP contribution in [0.25, 0.3) is 5.82 Å². The molecule has 31 heavy (non-hydrogen) atoms. The first-order valence-electron chi connectivity index (χ1n) is 10.1. The van der Waals surface area contributed by atoms with E-state index in [2.05, 4.69) is 16.8 Å². The number of aromatic nitrogens is 2. The fourth-order valence-corrected chi connectivity index (χ4v) is 3.51. The highest BCUT2D eigenvalue weighted by atomic mass is 19.2. The lowest BCUT2D eigenvalue weighted by Crippen LogP contribution is -2.11. The van der Waals surface area contributed by atoms with Gasteiger partial charge in [-0.05, 0) is 83.6 Å². The third-order valence-corrected chi connectivity index (χ3v) is 5.01. The maximum Gasteiger partial charge on any atom is 0.165 e. The fraction of sp³-hybridized carbons (Fsp3) is 0.320. The first-order valence-corrected chi connectivity index (χ1v) is 10.1. The van der Waals surface area contributed by atoms with Crippen molar-refractivity contribution in [3.63, 3.8) is 0 Å². The quantitative estimate of drug-likeness (QED) is 0.428. The van der Waals surface area contributed by atoms with Gasteiger partial charge in [0.25, 0.3) is 0 Å². The molecule has 0 spiro atoms. The number of halogens is 3. The molecule has 3 aromatic rings. The van der Waals surface area contributed by atoms with E-state index in [4.69, 9.17) is 0 Å². The standard InChI is InChI=1S/C25H26F3N3/c1-16-13-20(29-23(14-16)31-17(2)8-9-18(31)3)10-11-21-24(27)19(7-6-12-30(4)5)15-22(26)25(21)28/h8-9,13-15H,10-12H2,1-5H3. The first-order chi connectivity index (χ1) is 14.7. The van der Waals surface area contributed by atoms with Gasteiger partial charge in [-0.3, -0.25) is 4.90 Å². The SMILES string of the molecule is Cc1cc(CCc2c(F)c(F)cc(C#CCN(C)C)c2F)nc(-n2c(C)ccc2C)c1. The normalized spacial score (nSPS) is 11.0. The van der Waals surface area contributed by atoms with Crippen LogP contribution in [-0.2, 0) is 12.8 Å². The summed E-state index contributed by atoms with van der Waals surface area (Å²) in [7, 11) is 3.64. The predicted molar refractivity (Wildman–Crippen MR) is 117 cm³/mol. The minimum absolute atomic E-state index is 0.0165. The molecular formula is C25H26F3N3. The average molecular weight is 425 g/mol. The van der Waals surface area contributed by atoms with Gasteiger partial charge < -0.3 is 4.57 Å². The van der Waals surface area contributed by atoms with Crippen LogP contribution in [0.15, 0.2) is 30.3 Å². The van der Waals surface area contributed by atoms with Gasteiger partial charge in [-0.2, -0.15) is 0 Å². The molecule has 3 nitrogen and oxygen atoms in total. The predicted octanol–water partition coefficient (Wildman–Crippen LogP) is 4.91. The van der Waals surface area contributed by atoms with Crippen molar-refractivity contribution in [3.8, 4) is 17.7 Å². The van der Waals surface area contributed by atoms with Crippen LogP contribution in [0.4, 0.5) is 13.2 Å². The number of pyridine rings is 1. The molecule has 0 aliphatic rings. The summed E-state index contributed by atoms with van der Waals surface area (Å²) >= 11 is 0. The Morgan fingerprint density at radius 1 is 0.935 bits per heavy atom. The summed E-state index contributed by atoms with van der Waals surface area (Å²) in [5.41, 5.74) is 3.34. The van der Waals surface area contributed by atoms with Crippen molar-refractivity contribution in [1.29, 1.82) is 0 Å². The monoisotopic (exact) mass is 425 g/mol. The number of benzene rings is 1. The van der Waals surface area contributed by atoms with Crippen LogP contribution < -0.4 is 0 Å². The molecule has 2 heterocycles. The van der Waals surface area contributed by atoms with Crippen molar-refractivity contribution in [2.75, 3.05) is 20.6 Å². The molecule has 0 aliphatic heterocycles. The van der Waals surface area contributed by atoms with E-state index in [0.717, 1.165) is 28.8 Å². The van der Waals surface area contributed by atoms with Gasteiger partial charge in [0.05, 0.1) is 12.1 Å². The Balaban J connectivity index is 1.91. The zero-order valence-corrected chi connectivity index (χ0v) is 18.5. The Bertz CT molecular complexity index is 1150. The maximum atomic E-state index is 14.9. The first kappa shape index (κ1) is 22.6. The molecule has 0 saturated carbocycles. The molecule has 0 atom stereocenters. The number of aryl methyl sites for hydroxylation is 4. The van der Waals surface area contributed by atoms with E-state index in [-0.39, 0.29) is 24.0 Å². The van der Waals surface area contributed by atoms with Crippen molar-refractivity contribution >= 4 is 0 Å². The van der Waals surface area contributed by atoms with E-state index in [0.29, 0.717) is 12.2 Å². The number of nitrogens with zero attached hydrogens (tertiary/aromatic N) is 3. The van der Waals surface area contributed by atoms with Gasteiger partial charge in [-0.25, -0.2) is 18.2 Å². The Morgan fingerprint density at radius 2 is 1.61 bits per heavy atom. The summed E-state index contributed by atoms with van der Waals surface area (Å²) < 4.78 is 45.4. The lowest BCUT2D eigenvalue weighted by atomic mass is 10.0. The van der Waals surface area contributed by atoms with E-state index in [1.54, 1.807) is 4.90 Å². The van der Waals surface area contributed by atoms with Crippen molar-refractivity contribution in [1.82, 2.24) is 14.5 Å². The molecule has 0 saturated heterocycles. The van der Waals surface area contributed by atoms with Crippen LogP contribution in [0.5, 0.6) is 0 Å². The lowest BCUT2D eigenvalue weighted by Gasteiger charge is -2.12. The molecular weight excluding hydrogens is 399 g/mol. The van der Waals surface area contributed by atoms with Gasteiger partial charge in [-0.1, -0.05) is 11.8 Å². The summed E-state index contributed by atoms with van der Waals surface area (Å²) in [4.78, 5) is 6.48. The molecule has 2 aromatic heterocycles. The molecule has 0 bridgehead atoms. The number of rotatable bonds is 5. The number of hydrogen-bond donors (Lipinski definition) is 0. The van der Waals surface area contributed by atoms with Crippen LogP contribution in [0.3, 0.4) is 0 Å². The molecule has 0 radical (unpaired) electrons. The Morgan fingerprint density at radius 3 is 2.26 bits per heavy atom. The topological polar surface area (TPSA) is 21.1 Å². The Kier molecular flexibility index (Phi) is 6.87. The van der Waals surface area contributed by atoms with Crippen LogP contribution in [-0.4, -0.2) is 35.1 Å². The van der Waals surface area contributed by atoms with Gasteiger partial charge in [-0.15, -0.1) is 0 Å². The second-order valence-electron chi connectivity index (χ2n) is 8.00. The van der Waals surface area contributed by atoms with Gasteiger partial charge in [0.2, 0.25) is 0 Å². The minimum Gasteiger partial charge on any atom is -0.303 e. The fourth-order valence-electron chi connectivity index (χ4n) is 3.51. The Hall–Kier alpha value is -3.04. The van der Waals surface area contributed by atoms with E-state index in [9.17, 15) is 13.2 Å². The average Bonchev–Trinajstić information content (AvgIpc) is 3.03. The van der Waals surface area contributed by atoms with Crippen LogP contribution in [0, 0.1) is 50.1 Å². The molecule has 0 aliphatic carbocycles. The van der Waals surface area contributed by atoms with E-state index >= 15 is 0 Å². The molecule has 0 fully saturated rings. The molecule has 1 aromatic carbocycles. The van der Waals surface area contributed by atoms with Crippen molar-refractivity contribution in [2.45, 2.75) is 33.6 Å². The number of hydrogen-bond acceptors (Lipinski definition) is 2. The molecule has 0 unspecified atom stereocenters. The highest BCUT2D eigenvalue weighted by Crippen LogP contribution is 2.23. The largest absolute Gasteiger partial charge is 0.303 e. The molecule has 3 rings (SSSR count). The molecule has 0 N–H and O–H groups in total. The second kappa shape index (κ2) is 9.40. The highest BCUT2D eigenvalue weighted by molar-refractivity contribution is 5.41. The van der Waals surface area contributed by atoms with Crippen LogP contribution >= 0.6 is 0 Å². The van der Waals surface area contributed by atoms with Crippen molar-refractivity contribution < 1.29 is 13.2 Å². The second-order valence-corrected chi connectivity index (χ2v) is 8.00.